The zero-order valence-electron chi connectivity index (χ0n) is 9.77. The monoisotopic (exact) mass is 215 g/mol. The van der Waals surface area contributed by atoms with Gasteiger partial charge in [-0.3, -0.25) is 0 Å². The van der Waals surface area contributed by atoms with E-state index in [1.807, 2.05) is 18.3 Å². The van der Waals surface area contributed by atoms with Crippen molar-refractivity contribution < 1.29 is 5.11 Å². The number of aliphatic hydroxyl groups is 1. The van der Waals surface area contributed by atoms with Crippen molar-refractivity contribution in [1.82, 2.24) is 4.57 Å². The number of aromatic nitrogens is 1. The smallest absolute Gasteiger partial charge is 0.0832 e. The SMILES string of the molecule is Cc1ccc(C)c(Cn2cccc2CO)c1. The molecule has 2 aromatic rings. The van der Waals surface area contributed by atoms with Crippen LogP contribution >= 0.6 is 0 Å². The highest BCUT2D eigenvalue weighted by atomic mass is 16.3. The maximum Gasteiger partial charge on any atom is 0.0832 e. The highest BCUT2D eigenvalue weighted by molar-refractivity contribution is 5.31. The van der Waals surface area contributed by atoms with Gasteiger partial charge in [-0.25, -0.2) is 0 Å². The first kappa shape index (κ1) is 11.0. The molecule has 0 radical (unpaired) electrons. The predicted octanol–water partition coefficient (Wildman–Crippen LogP) is 2.65. The Hall–Kier alpha value is -1.54. The molecule has 2 nitrogen and oxygen atoms in total. The Kier molecular flexibility index (Phi) is 3.11. The van der Waals surface area contributed by atoms with Crippen molar-refractivity contribution in [2.24, 2.45) is 0 Å². The zero-order chi connectivity index (χ0) is 11.5. The van der Waals surface area contributed by atoms with E-state index in [0.717, 1.165) is 12.2 Å². The maximum absolute atomic E-state index is 9.19. The second-order valence-electron chi connectivity index (χ2n) is 4.22. The molecule has 1 heterocycles. The summed E-state index contributed by atoms with van der Waals surface area (Å²) in [5, 5.41) is 9.19. The van der Waals surface area contributed by atoms with E-state index >= 15 is 0 Å². The molecule has 0 aliphatic heterocycles. The fourth-order valence-corrected chi connectivity index (χ4v) is 1.90. The van der Waals surface area contributed by atoms with Gasteiger partial charge in [0.05, 0.1) is 6.61 Å². The van der Waals surface area contributed by atoms with Crippen LogP contribution in [0.5, 0.6) is 0 Å². The summed E-state index contributed by atoms with van der Waals surface area (Å²) in [5.74, 6) is 0. The Balaban J connectivity index is 2.30. The van der Waals surface area contributed by atoms with E-state index in [2.05, 4.69) is 36.6 Å². The molecule has 1 N–H and O–H groups in total. The highest BCUT2D eigenvalue weighted by Gasteiger charge is 2.03. The van der Waals surface area contributed by atoms with Crippen LogP contribution in [0.2, 0.25) is 0 Å². The van der Waals surface area contributed by atoms with E-state index in [1.165, 1.54) is 16.7 Å². The average Bonchev–Trinajstić information content (AvgIpc) is 2.71. The molecule has 0 bridgehead atoms. The van der Waals surface area contributed by atoms with Crippen LogP contribution in [0.25, 0.3) is 0 Å². The lowest BCUT2D eigenvalue weighted by atomic mass is 10.1. The average molecular weight is 215 g/mol. The van der Waals surface area contributed by atoms with Crippen molar-refractivity contribution >= 4 is 0 Å². The molecule has 0 fully saturated rings. The molecule has 0 spiro atoms. The van der Waals surface area contributed by atoms with Crippen LogP contribution in [0.1, 0.15) is 22.4 Å². The molecular weight excluding hydrogens is 198 g/mol. The van der Waals surface area contributed by atoms with E-state index < -0.39 is 0 Å². The maximum atomic E-state index is 9.19. The molecule has 0 saturated heterocycles. The molecule has 0 atom stereocenters. The Morgan fingerprint density at radius 1 is 1.19 bits per heavy atom. The quantitative estimate of drug-likeness (QED) is 0.836. The summed E-state index contributed by atoms with van der Waals surface area (Å²) in [6, 6.07) is 10.4. The van der Waals surface area contributed by atoms with Gasteiger partial charge < -0.3 is 9.67 Å². The van der Waals surface area contributed by atoms with Crippen LogP contribution in [-0.2, 0) is 13.2 Å². The molecule has 2 heteroatoms. The van der Waals surface area contributed by atoms with Gasteiger partial charge in [0, 0.05) is 18.4 Å². The zero-order valence-corrected chi connectivity index (χ0v) is 9.77. The van der Waals surface area contributed by atoms with Gasteiger partial charge in [-0.05, 0) is 37.1 Å². The summed E-state index contributed by atoms with van der Waals surface area (Å²) in [7, 11) is 0. The van der Waals surface area contributed by atoms with E-state index in [0.29, 0.717) is 0 Å². The van der Waals surface area contributed by atoms with Gasteiger partial charge >= 0.3 is 0 Å². The van der Waals surface area contributed by atoms with Crippen molar-refractivity contribution in [3.8, 4) is 0 Å². The first-order valence-corrected chi connectivity index (χ1v) is 5.51. The fraction of sp³-hybridized carbons (Fsp3) is 0.286. The largest absolute Gasteiger partial charge is 0.390 e. The third-order valence-electron chi connectivity index (χ3n) is 2.93. The molecule has 16 heavy (non-hydrogen) atoms. The normalized spacial score (nSPS) is 10.7. The van der Waals surface area contributed by atoms with Crippen molar-refractivity contribution in [3.63, 3.8) is 0 Å². The van der Waals surface area contributed by atoms with Gasteiger partial charge in [0.15, 0.2) is 0 Å². The molecule has 0 saturated carbocycles. The summed E-state index contributed by atoms with van der Waals surface area (Å²) in [4.78, 5) is 0. The van der Waals surface area contributed by atoms with Crippen LogP contribution in [-0.4, -0.2) is 9.67 Å². The number of benzene rings is 1. The van der Waals surface area contributed by atoms with Crippen molar-refractivity contribution in [2.75, 3.05) is 0 Å². The molecule has 0 unspecified atom stereocenters. The topological polar surface area (TPSA) is 25.2 Å². The van der Waals surface area contributed by atoms with Gasteiger partial charge in [0.2, 0.25) is 0 Å². The van der Waals surface area contributed by atoms with Gasteiger partial charge in [-0.15, -0.1) is 0 Å². The molecule has 2 rings (SSSR count). The highest BCUT2D eigenvalue weighted by Crippen LogP contribution is 2.14. The number of rotatable bonds is 3. The molecule has 84 valence electrons. The summed E-state index contributed by atoms with van der Waals surface area (Å²) >= 11 is 0. The molecule has 0 amide bonds. The van der Waals surface area contributed by atoms with Crippen molar-refractivity contribution in [3.05, 3.63) is 58.9 Å². The Morgan fingerprint density at radius 2 is 2.00 bits per heavy atom. The van der Waals surface area contributed by atoms with Gasteiger partial charge in [0.1, 0.15) is 0 Å². The van der Waals surface area contributed by atoms with E-state index in [9.17, 15) is 5.11 Å². The van der Waals surface area contributed by atoms with Crippen molar-refractivity contribution in [1.29, 1.82) is 0 Å². The first-order chi connectivity index (χ1) is 7.70. The van der Waals surface area contributed by atoms with Crippen LogP contribution in [0.3, 0.4) is 0 Å². The van der Waals surface area contributed by atoms with E-state index in [4.69, 9.17) is 0 Å². The van der Waals surface area contributed by atoms with Gasteiger partial charge in [-0.2, -0.15) is 0 Å². The van der Waals surface area contributed by atoms with Gasteiger partial charge in [-0.1, -0.05) is 23.8 Å². The van der Waals surface area contributed by atoms with Crippen LogP contribution < -0.4 is 0 Å². The van der Waals surface area contributed by atoms with E-state index in [1.54, 1.807) is 0 Å². The van der Waals surface area contributed by atoms with E-state index in [-0.39, 0.29) is 6.61 Å². The predicted molar refractivity (Wildman–Crippen MR) is 65.4 cm³/mol. The number of aryl methyl sites for hydroxylation is 2. The third kappa shape index (κ3) is 2.17. The second-order valence-corrected chi connectivity index (χ2v) is 4.22. The Morgan fingerprint density at radius 3 is 2.75 bits per heavy atom. The summed E-state index contributed by atoms with van der Waals surface area (Å²) in [6.07, 6.45) is 2.01. The minimum absolute atomic E-state index is 0.0951. The number of hydrogen-bond acceptors (Lipinski definition) is 1. The lowest BCUT2D eigenvalue weighted by Gasteiger charge is -2.11. The van der Waals surface area contributed by atoms with Crippen LogP contribution in [0, 0.1) is 13.8 Å². The van der Waals surface area contributed by atoms with Crippen LogP contribution in [0.4, 0.5) is 0 Å². The number of aliphatic hydroxyl groups excluding tert-OH is 1. The summed E-state index contributed by atoms with van der Waals surface area (Å²) in [6.45, 7) is 5.15. The molecular formula is C14H17NO. The standard InChI is InChI=1S/C14H17NO/c1-11-5-6-12(2)13(8-11)9-15-7-3-4-14(15)10-16/h3-8,16H,9-10H2,1-2H3. The van der Waals surface area contributed by atoms with Gasteiger partial charge in [0.25, 0.3) is 0 Å². The van der Waals surface area contributed by atoms with Crippen molar-refractivity contribution in [2.45, 2.75) is 27.0 Å². The number of nitrogens with zero attached hydrogens (tertiary/aromatic N) is 1. The summed E-state index contributed by atoms with van der Waals surface area (Å²) in [5.41, 5.74) is 4.84. The summed E-state index contributed by atoms with van der Waals surface area (Å²) < 4.78 is 2.09. The molecule has 0 aliphatic rings. The second kappa shape index (κ2) is 4.54. The minimum atomic E-state index is 0.0951. The minimum Gasteiger partial charge on any atom is -0.390 e. The lowest BCUT2D eigenvalue weighted by Crippen LogP contribution is -2.04. The first-order valence-electron chi connectivity index (χ1n) is 5.51. The molecule has 1 aromatic carbocycles. The molecule has 1 aromatic heterocycles. The lowest BCUT2D eigenvalue weighted by molar-refractivity contribution is 0.271. The Labute approximate surface area is 96.2 Å². The number of hydrogen-bond donors (Lipinski definition) is 1. The third-order valence-corrected chi connectivity index (χ3v) is 2.93. The molecule has 0 aliphatic carbocycles. The fourth-order valence-electron chi connectivity index (χ4n) is 1.90. The Bertz CT molecular complexity index is 485. The van der Waals surface area contributed by atoms with Crippen LogP contribution in [0.15, 0.2) is 36.5 Å².